The lowest BCUT2D eigenvalue weighted by molar-refractivity contribution is 0.391. The van der Waals surface area contributed by atoms with Gasteiger partial charge in [0.2, 0.25) is 0 Å². The minimum Gasteiger partial charge on any atom is -0.337 e. The summed E-state index contributed by atoms with van der Waals surface area (Å²) >= 11 is 0. The van der Waals surface area contributed by atoms with Crippen LogP contribution in [0.3, 0.4) is 0 Å². The smallest absolute Gasteiger partial charge is 0.337 e. The van der Waals surface area contributed by atoms with Gasteiger partial charge in [0.1, 0.15) is 0 Å². The van der Waals surface area contributed by atoms with Gasteiger partial charge in [-0.05, 0) is 0 Å². The molecule has 0 fully saturated rings. The lowest BCUT2D eigenvalue weighted by Gasteiger charge is -2.09. The SMILES string of the molecule is C#CCN(N)c1c[nH]oc1=O. The molecule has 3 N–H and O–H groups in total. The first-order valence-electron chi connectivity index (χ1n) is 2.88. The summed E-state index contributed by atoms with van der Waals surface area (Å²) in [6.07, 6.45) is 6.32. The van der Waals surface area contributed by atoms with E-state index in [1.165, 1.54) is 6.20 Å². The molecule has 0 unspecified atom stereocenters. The zero-order chi connectivity index (χ0) is 8.27. The predicted octanol–water partition coefficient (Wildman–Crippen LogP) is -0.719. The molecular weight excluding hydrogens is 146 g/mol. The number of rotatable bonds is 2. The molecule has 1 aromatic rings. The normalized spacial score (nSPS) is 9.09. The standard InChI is InChI=1S/C6H7N3O2/c1-2-3-9(7)5-4-8-11-6(5)10/h1,4,8H,3,7H2. The van der Waals surface area contributed by atoms with Gasteiger partial charge in [-0.15, -0.1) is 6.42 Å². The maximum absolute atomic E-state index is 10.7. The van der Waals surface area contributed by atoms with Crippen LogP contribution < -0.4 is 16.5 Å². The highest BCUT2D eigenvalue weighted by molar-refractivity contribution is 5.39. The fourth-order valence-electron chi connectivity index (χ4n) is 0.634. The van der Waals surface area contributed by atoms with Crippen molar-refractivity contribution >= 4 is 5.69 Å². The first kappa shape index (κ1) is 7.44. The van der Waals surface area contributed by atoms with E-state index >= 15 is 0 Å². The summed E-state index contributed by atoms with van der Waals surface area (Å²) in [5.74, 6) is 7.65. The first-order chi connectivity index (χ1) is 5.25. The zero-order valence-corrected chi connectivity index (χ0v) is 5.70. The second kappa shape index (κ2) is 2.94. The van der Waals surface area contributed by atoms with Crippen molar-refractivity contribution in [3.8, 4) is 12.3 Å². The highest BCUT2D eigenvalue weighted by Gasteiger charge is 2.06. The molecule has 5 nitrogen and oxygen atoms in total. The third-order valence-corrected chi connectivity index (χ3v) is 1.13. The molecule has 0 amide bonds. The highest BCUT2D eigenvalue weighted by Crippen LogP contribution is 1.99. The van der Waals surface area contributed by atoms with Gasteiger partial charge in [-0.1, -0.05) is 5.92 Å². The Labute approximate surface area is 62.7 Å². The fourth-order valence-corrected chi connectivity index (χ4v) is 0.634. The van der Waals surface area contributed by atoms with Crippen molar-refractivity contribution < 1.29 is 4.52 Å². The molecule has 1 heterocycles. The molecule has 0 radical (unpaired) electrons. The Morgan fingerprint density at radius 1 is 1.91 bits per heavy atom. The van der Waals surface area contributed by atoms with Crippen molar-refractivity contribution in [2.45, 2.75) is 0 Å². The van der Waals surface area contributed by atoms with Gasteiger partial charge in [0.25, 0.3) is 0 Å². The third-order valence-electron chi connectivity index (χ3n) is 1.13. The van der Waals surface area contributed by atoms with Gasteiger partial charge in [-0.2, -0.15) is 0 Å². The average molecular weight is 153 g/mol. The van der Waals surface area contributed by atoms with Crippen molar-refractivity contribution in [3.05, 3.63) is 16.6 Å². The van der Waals surface area contributed by atoms with Gasteiger partial charge >= 0.3 is 5.63 Å². The summed E-state index contributed by atoms with van der Waals surface area (Å²) in [5, 5.41) is 3.39. The number of aromatic nitrogens is 1. The van der Waals surface area contributed by atoms with E-state index < -0.39 is 5.63 Å². The van der Waals surface area contributed by atoms with Crippen LogP contribution in [0.1, 0.15) is 0 Å². The Bertz CT molecular complexity index is 319. The topological polar surface area (TPSA) is 75.3 Å². The van der Waals surface area contributed by atoms with Crippen molar-refractivity contribution in [3.63, 3.8) is 0 Å². The predicted molar refractivity (Wildman–Crippen MR) is 39.7 cm³/mol. The van der Waals surface area contributed by atoms with Gasteiger partial charge in [0, 0.05) is 0 Å². The molecule has 0 saturated carbocycles. The van der Waals surface area contributed by atoms with E-state index in [0.717, 1.165) is 5.01 Å². The van der Waals surface area contributed by atoms with Gasteiger partial charge in [0.15, 0.2) is 5.69 Å². The van der Waals surface area contributed by atoms with Gasteiger partial charge in [-0.3, -0.25) is 5.01 Å². The van der Waals surface area contributed by atoms with Crippen LogP contribution >= 0.6 is 0 Å². The van der Waals surface area contributed by atoms with Gasteiger partial charge in [-0.25, -0.2) is 15.8 Å². The van der Waals surface area contributed by atoms with Crippen LogP contribution in [0.5, 0.6) is 0 Å². The molecule has 0 aliphatic rings. The average Bonchev–Trinajstić information content (AvgIpc) is 2.36. The quantitative estimate of drug-likeness (QED) is 0.334. The van der Waals surface area contributed by atoms with Crippen LogP contribution in [-0.2, 0) is 0 Å². The van der Waals surface area contributed by atoms with Crippen molar-refractivity contribution in [1.82, 2.24) is 5.16 Å². The fraction of sp³-hybridized carbons (Fsp3) is 0.167. The summed E-state index contributed by atoms with van der Waals surface area (Å²) in [6, 6.07) is 0. The molecule has 0 spiro atoms. The zero-order valence-electron chi connectivity index (χ0n) is 5.70. The van der Waals surface area contributed by atoms with Crippen LogP contribution in [0.25, 0.3) is 0 Å². The molecule has 0 saturated heterocycles. The van der Waals surface area contributed by atoms with E-state index in [0.29, 0.717) is 0 Å². The number of H-pyrrole nitrogens is 1. The summed E-state index contributed by atoms with van der Waals surface area (Å²) in [4.78, 5) is 10.7. The molecule has 5 heteroatoms. The van der Waals surface area contributed by atoms with Crippen LogP contribution in [-0.4, -0.2) is 11.7 Å². The number of hydrogen-bond donors (Lipinski definition) is 2. The Balaban J connectivity index is 2.86. The molecule has 58 valence electrons. The molecule has 1 aromatic heterocycles. The summed E-state index contributed by atoms with van der Waals surface area (Å²) in [5.41, 5.74) is -0.300. The van der Waals surface area contributed by atoms with Crippen LogP contribution in [0.4, 0.5) is 5.69 Å². The number of nitrogens with one attached hydrogen (secondary N) is 1. The highest BCUT2D eigenvalue weighted by atomic mass is 16.5. The summed E-state index contributed by atoms with van der Waals surface area (Å²) in [6.45, 7) is 0.169. The molecular formula is C6H7N3O2. The number of terminal acetylenes is 1. The third kappa shape index (κ3) is 1.42. The molecule has 0 aliphatic carbocycles. The van der Waals surface area contributed by atoms with E-state index in [4.69, 9.17) is 12.3 Å². The van der Waals surface area contributed by atoms with Crippen LogP contribution in [0.15, 0.2) is 15.5 Å². The second-order valence-corrected chi connectivity index (χ2v) is 1.87. The number of nitrogens with zero attached hydrogens (tertiary/aromatic N) is 1. The van der Waals surface area contributed by atoms with Gasteiger partial charge in [0.05, 0.1) is 12.7 Å². The lowest BCUT2D eigenvalue weighted by Crippen LogP contribution is -2.33. The minimum atomic E-state index is -0.525. The Hall–Kier alpha value is -1.67. The molecule has 11 heavy (non-hydrogen) atoms. The minimum absolute atomic E-state index is 0.169. The van der Waals surface area contributed by atoms with Crippen molar-refractivity contribution in [1.29, 1.82) is 0 Å². The Kier molecular flexibility index (Phi) is 1.99. The lowest BCUT2D eigenvalue weighted by atomic mass is 10.5. The van der Waals surface area contributed by atoms with E-state index in [1.807, 2.05) is 0 Å². The van der Waals surface area contributed by atoms with Gasteiger partial charge < -0.3 is 4.52 Å². The second-order valence-electron chi connectivity index (χ2n) is 1.87. The number of hydrogen-bond acceptors (Lipinski definition) is 4. The molecule has 0 bridgehead atoms. The Morgan fingerprint density at radius 2 is 2.64 bits per heavy atom. The van der Waals surface area contributed by atoms with E-state index in [1.54, 1.807) is 0 Å². The Morgan fingerprint density at radius 3 is 3.09 bits per heavy atom. The molecule has 1 rings (SSSR count). The van der Waals surface area contributed by atoms with E-state index in [9.17, 15) is 4.79 Å². The largest absolute Gasteiger partial charge is 0.381 e. The summed E-state index contributed by atoms with van der Waals surface area (Å²) < 4.78 is 4.36. The maximum Gasteiger partial charge on any atom is 0.381 e. The number of hydrazine groups is 1. The summed E-state index contributed by atoms with van der Waals surface area (Å²) in [7, 11) is 0. The number of nitrogens with two attached hydrogens (primary N) is 1. The number of aromatic amines is 1. The number of anilines is 1. The van der Waals surface area contributed by atoms with Crippen molar-refractivity contribution in [2.75, 3.05) is 11.6 Å². The first-order valence-corrected chi connectivity index (χ1v) is 2.88. The van der Waals surface area contributed by atoms with E-state index in [-0.39, 0.29) is 12.2 Å². The van der Waals surface area contributed by atoms with Crippen LogP contribution in [0.2, 0.25) is 0 Å². The van der Waals surface area contributed by atoms with Crippen LogP contribution in [0, 0.1) is 12.3 Å². The molecule has 0 aliphatic heterocycles. The molecule has 0 aromatic carbocycles. The monoisotopic (exact) mass is 153 g/mol. The van der Waals surface area contributed by atoms with E-state index in [2.05, 4.69) is 15.6 Å². The van der Waals surface area contributed by atoms with Crippen molar-refractivity contribution in [2.24, 2.45) is 5.84 Å². The molecule has 0 atom stereocenters. The maximum atomic E-state index is 10.7.